The third-order valence-electron chi connectivity index (χ3n) is 3.75. The molecule has 0 aliphatic heterocycles. The van der Waals surface area contributed by atoms with Gasteiger partial charge < -0.3 is 15.0 Å². The minimum absolute atomic E-state index is 0.0711. The van der Waals surface area contributed by atoms with Crippen LogP contribution >= 0.6 is 0 Å². The Bertz CT molecular complexity index is 764. The number of benzene rings is 1. The summed E-state index contributed by atoms with van der Waals surface area (Å²) < 4.78 is 5.06. The molecule has 0 unspecified atom stereocenters. The lowest BCUT2D eigenvalue weighted by Crippen LogP contribution is -2.24. The second-order valence-electron chi connectivity index (χ2n) is 6.04. The molecule has 6 heteroatoms. The minimum atomic E-state index is -0.372. The van der Waals surface area contributed by atoms with Crippen LogP contribution in [0, 0.1) is 0 Å². The van der Waals surface area contributed by atoms with Gasteiger partial charge in [0.25, 0.3) is 5.91 Å². The van der Waals surface area contributed by atoms with Crippen molar-refractivity contribution in [1.29, 1.82) is 0 Å². The summed E-state index contributed by atoms with van der Waals surface area (Å²) in [5, 5.41) is 2.90. The molecule has 0 saturated carbocycles. The Hall–Kier alpha value is -2.63. The molecule has 2 aromatic rings. The van der Waals surface area contributed by atoms with Gasteiger partial charge in [0, 0.05) is 24.1 Å². The number of unbranched alkanes of at least 4 members (excludes halogenated alkanes) is 1. The molecule has 6 nitrogen and oxygen atoms in total. The molecule has 0 bridgehead atoms. The van der Waals surface area contributed by atoms with Gasteiger partial charge in [-0.2, -0.15) is 0 Å². The second-order valence-corrected chi connectivity index (χ2v) is 6.04. The Morgan fingerprint density at radius 3 is 2.84 bits per heavy atom. The first kappa shape index (κ1) is 18.7. The molecular weight excluding hydrogens is 318 g/mol. The number of aryl methyl sites for hydroxylation is 1. The number of hydrogen-bond acceptors (Lipinski definition) is 4. The van der Waals surface area contributed by atoms with E-state index in [1.54, 1.807) is 13.0 Å². The molecule has 0 radical (unpaired) electrons. The lowest BCUT2D eigenvalue weighted by Gasteiger charge is -2.03. The fraction of sp³-hybridized carbons (Fsp3) is 0.421. The number of amides is 1. The topological polar surface area (TPSA) is 84.1 Å². The molecule has 0 atom stereocenters. The first-order valence-electron chi connectivity index (χ1n) is 8.60. The van der Waals surface area contributed by atoms with E-state index >= 15 is 0 Å². The van der Waals surface area contributed by atoms with Crippen molar-refractivity contribution in [3.05, 3.63) is 41.7 Å². The first-order chi connectivity index (χ1) is 12.0. The fourth-order valence-electron chi connectivity index (χ4n) is 2.33. The number of fused-ring (bicyclic) bond motifs is 1. The van der Waals surface area contributed by atoms with Gasteiger partial charge in [0.05, 0.1) is 17.6 Å². The zero-order valence-electron chi connectivity index (χ0n) is 14.9. The van der Waals surface area contributed by atoms with E-state index in [2.05, 4.69) is 28.8 Å². The largest absolute Gasteiger partial charge is 0.462 e. The van der Waals surface area contributed by atoms with Crippen LogP contribution in [0.25, 0.3) is 11.0 Å². The highest BCUT2D eigenvalue weighted by Gasteiger charge is 2.09. The first-order valence-corrected chi connectivity index (χ1v) is 8.60. The molecule has 1 aromatic heterocycles. The van der Waals surface area contributed by atoms with Crippen molar-refractivity contribution in [3.63, 3.8) is 0 Å². The zero-order chi connectivity index (χ0) is 18.2. The zero-order valence-corrected chi connectivity index (χ0v) is 14.9. The highest BCUT2D eigenvalue weighted by Crippen LogP contribution is 2.15. The summed E-state index contributed by atoms with van der Waals surface area (Å²) in [6, 6.07) is 5.43. The molecule has 2 N–H and O–H groups in total. The van der Waals surface area contributed by atoms with E-state index in [1.165, 1.54) is 0 Å². The van der Waals surface area contributed by atoms with Crippen LogP contribution in [0.2, 0.25) is 0 Å². The number of imidazole rings is 1. The summed E-state index contributed by atoms with van der Waals surface area (Å²) in [6.07, 6.45) is 3.35. The number of nitrogens with one attached hydrogen (secondary N) is 2. The van der Waals surface area contributed by atoms with E-state index in [1.807, 2.05) is 12.1 Å². The number of aromatic nitrogens is 2. The Labute approximate surface area is 147 Å². The highest BCUT2D eigenvalue weighted by atomic mass is 16.5. The molecule has 134 valence electrons. The van der Waals surface area contributed by atoms with E-state index in [-0.39, 0.29) is 11.9 Å². The normalized spacial score (nSPS) is 10.6. The van der Waals surface area contributed by atoms with Crippen LogP contribution in [-0.4, -0.2) is 35.0 Å². The van der Waals surface area contributed by atoms with Gasteiger partial charge >= 0.3 is 5.97 Å². The summed E-state index contributed by atoms with van der Waals surface area (Å²) >= 11 is 0. The molecule has 0 aliphatic carbocycles. The van der Waals surface area contributed by atoms with Gasteiger partial charge in [-0.15, -0.1) is 0 Å². The number of hydrogen-bond donors (Lipinski definition) is 2. The molecule has 0 fully saturated rings. The van der Waals surface area contributed by atoms with E-state index < -0.39 is 0 Å². The number of ether oxygens (including phenoxy) is 1. The van der Waals surface area contributed by atoms with E-state index in [9.17, 15) is 9.59 Å². The van der Waals surface area contributed by atoms with Gasteiger partial charge in [0.2, 0.25) is 0 Å². The maximum Gasteiger partial charge on any atom is 0.333 e. The van der Waals surface area contributed by atoms with Crippen molar-refractivity contribution in [1.82, 2.24) is 15.3 Å². The summed E-state index contributed by atoms with van der Waals surface area (Å²) in [5.74, 6) is 0.367. The highest BCUT2D eigenvalue weighted by molar-refractivity contribution is 5.97. The molecule has 0 spiro atoms. The van der Waals surface area contributed by atoms with E-state index in [0.29, 0.717) is 37.1 Å². The van der Waals surface area contributed by atoms with Crippen LogP contribution in [0.3, 0.4) is 0 Å². The lowest BCUT2D eigenvalue weighted by atomic mass is 10.2. The van der Waals surface area contributed by atoms with Crippen molar-refractivity contribution in [2.24, 2.45) is 0 Å². The van der Waals surface area contributed by atoms with Gasteiger partial charge in [-0.3, -0.25) is 4.79 Å². The van der Waals surface area contributed by atoms with Gasteiger partial charge in [0.1, 0.15) is 5.82 Å². The van der Waals surface area contributed by atoms with Crippen molar-refractivity contribution in [2.75, 3.05) is 13.2 Å². The van der Waals surface area contributed by atoms with E-state index in [0.717, 1.165) is 29.7 Å². The monoisotopic (exact) mass is 343 g/mol. The Morgan fingerprint density at radius 2 is 2.12 bits per heavy atom. The fourth-order valence-corrected chi connectivity index (χ4v) is 2.33. The molecule has 2 rings (SSSR count). The summed E-state index contributed by atoms with van der Waals surface area (Å²) in [6.45, 7) is 8.26. The molecule has 0 saturated heterocycles. The summed E-state index contributed by atoms with van der Waals surface area (Å²) in [7, 11) is 0. The number of aromatic amines is 1. The number of carbonyl (C=O) groups excluding carboxylic acids is 2. The van der Waals surface area contributed by atoms with Crippen molar-refractivity contribution in [2.45, 2.75) is 39.5 Å². The third kappa shape index (κ3) is 5.45. The number of H-pyrrole nitrogens is 1. The second kappa shape index (κ2) is 9.01. The maximum absolute atomic E-state index is 12.1. The third-order valence-corrected chi connectivity index (χ3v) is 3.75. The van der Waals surface area contributed by atoms with Crippen LogP contribution in [0.1, 0.15) is 49.3 Å². The number of carbonyl (C=O) groups is 2. The van der Waals surface area contributed by atoms with Gasteiger partial charge in [-0.05, 0) is 38.0 Å². The quantitative estimate of drug-likeness (QED) is 0.416. The average Bonchev–Trinajstić information content (AvgIpc) is 3.00. The van der Waals surface area contributed by atoms with Crippen molar-refractivity contribution < 1.29 is 14.3 Å². The van der Waals surface area contributed by atoms with Gasteiger partial charge in [-0.1, -0.05) is 19.9 Å². The van der Waals surface area contributed by atoms with E-state index in [4.69, 9.17) is 4.74 Å². The minimum Gasteiger partial charge on any atom is -0.462 e. The van der Waals surface area contributed by atoms with Crippen LogP contribution in [0.15, 0.2) is 30.4 Å². The Morgan fingerprint density at radius 1 is 1.32 bits per heavy atom. The van der Waals surface area contributed by atoms with Crippen LogP contribution in [-0.2, 0) is 16.0 Å². The number of esters is 1. The van der Waals surface area contributed by atoms with Gasteiger partial charge in [-0.25, -0.2) is 9.78 Å². The standard InChI is InChI=1S/C19H25N3O3/c1-4-5-10-20-18(23)14-8-9-15-16(12-14)22-17(21-15)7-6-11-25-19(24)13(2)3/h8-9,12H,2,4-7,10-11H2,1,3H3,(H,20,23)(H,21,22). The molecule has 1 aromatic carbocycles. The van der Waals surface area contributed by atoms with Crippen molar-refractivity contribution in [3.8, 4) is 0 Å². The Kier molecular flexibility index (Phi) is 6.74. The predicted octanol–water partition coefficient (Wildman–Crippen LogP) is 3.14. The Balaban J connectivity index is 1.92. The number of nitrogens with zero attached hydrogens (tertiary/aromatic N) is 1. The van der Waals surface area contributed by atoms with Gasteiger partial charge in [0.15, 0.2) is 0 Å². The number of rotatable bonds is 9. The molecule has 1 heterocycles. The SMILES string of the molecule is C=C(C)C(=O)OCCCc1nc2ccc(C(=O)NCCCC)cc2[nH]1. The molecular formula is C19H25N3O3. The van der Waals surface area contributed by atoms with Crippen LogP contribution in [0.5, 0.6) is 0 Å². The molecule has 1 amide bonds. The van der Waals surface area contributed by atoms with Crippen LogP contribution < -0.4 is 5.32 Å². The predicted molar refractivity (Wildman–Crippen MR) is 97.4 cm³/mol. The summed E-state index contributed by atoms with van der Waals surface area (Å²) in [5.41, 5.74) is 2.67. The molecule has 0 aliphatic rings. The maximum atomic E-state index is 12.1. The lowest BCUT2D eigenvalue weighted by molar-refractivity contribution is -0.139. The average molecular weight is 343 g/mol. The summed E-state index contributed by atoms with van der Waals surface area (Å²) in [4.78, 5) is 31.1. The van der Waals surface area contributed by atoms with Crippen molar-refractivity contribution >= 4 is 22.9 Å². The smallest absolute Gasteiger partial charge is 0.333 e. The van der Waals surface area contributed by atoms with Crippen LogP contribution in [0.4, 0.5) is 0 Å². The molecule has 25 heavy (non-hydrogen) atoms.